The first-order valence-electron chi connectivity index (χ1n) is 13.2. The predicted octanol–water partition coefficient (Wildman–Crippen LogP) is 1.57. The number of carbonyl (C=O) groups excluding carboxylic acids is 4. The van der Waals surface area contributed by atoms with Crippen LogP contribution in [0.1, 0.15) is 43.6 Å². The number of aromatic hydroxyl groups is 1. The molecule has 0 bridgehead atoms. The zero-order valence-corrected chi connectivity index (χ0v) is 23.5. The number of halogens is 5. The molecule has 15 heteroatoms. The van der Waals surface area contributed by atoms with Crippen molar-refractivity contribution in [3.63, 3.8) is 0 Å². The van der Waals surface area contributed by atoms with Crippen LogP contribution in [0.15, 0.2) is 24.3 Å². The van der Waals surface area contributed by atoms with Gasteiger partial charge in [0.1, 0.15) is 17.8 Å². The molecule has 1 aliphatic rings. The Morgan fingerprint density at radius 3 is 1.98 bits per heavy atom. The quantitative estimate of drug-likeness (QED) is 0.171. The topological polar surface area (TPSA) is 157 Å². The van der Waals surface area contributed by atoms with Crippen molar-refractivity contribution in [3.05, 3.63) is 64.5 Å². The van der Waals surface area contributed by atoms with E-state index in [1.54, 1.807) is 13.8 Å². The van der Waals surface area contributed by atoms with Gasteiger partial charge in [-0.1, -0.05) is 32.9 Å². The van der Waals surface area contributed by atoms with Crippen LogP contribution in [0.25, 0.3) is 0 Å². The Bertz CT molecular complexity index is 1400. The monoisotopic (exact) mass is 614 g/mol. The molecule has 0 aromatic heterocycles. The third-order valence-corrected chi connectivity index (χ3v) is 7.23. The molecule has 1 fully saturated rings. The van der Waals surface area contributed by atoms with Crippen molar-refractivity contribution < 1.29 is 51.3 Å². The lowest BCUT2D eigenvalue weighted by Gasteiger charge is -2.34. The molecule has 6 atom stereocenters. The van der Waals surface area contributed by atoms with Gasteiger partial charge in [0.25, 0.3) is 5.91 Å². The van der Waals surface area contributed by atoms with Crippen LogP contribution in [-0.2, 0) is 20.8 Å². The number of para-hydroxylation sites is 1. The van der Waals surface area contributed by atoms with E-state index in [2.05, 4.69) is 21.3 Å². The minimum Gasteiger partial charge on any atom is -0.507 e. The summed E-state index contributed by atoms with van der Waals surface area (Å²) in [5.74, 6) is -17.5. The zero-order valence-electron chi connectivity index (χ0n) is 23.5. The van der Waals surface area contributed by atoms with Crippen LogP contribution in [0.5, 0.6) is 5.75 Å². The number of nitrogens with one attached hydrogen (secondary N) is 4. The van der Waals surface area contributed by atoms with E-state index in [1.165, 1.54) is 38.1 Å². The van der Waals surface area contributed by atoms with Crippen LogP contribution in [0.2, 0.25) is 0 Å². The van der Waals surface area contributed by atoms with Gasteiger partial charge < -0.3 is 31.5 Å². The highest BCUT2D eigenvalue weighted by Gasteiger charge is 2.40. The van der Waals surface area contributed by atoms with Gasteiger partial charge in [0.2, 0.25) is 23.5 Å². The predicted molar refractivity (Wildman–Crippen MR) is 141 cm³/mol. The van der Waals surface area contributed by atoms with Crippen molar-refractivity contribution in [2.24, 2.45) is 11.8 Å². The number of aliphatic hydroxyl groups excluding tert-OH is 1. The first-order valence-corrected chi connectivity index (χ1v) is 13.2. The van der Waals surface area contributed by atoms with Gasteiger partial charge in [0.15, 0.2) is 23.3 Å². The largest absolute Gasteiger partial charge is 0.507 e. The van der Waals surface area contributed by atoms with Gasteiger partial charge >= 0.3 is 0 Å². The Morgan fingerprint density at radius 1 is 0.860 bits per heavy atom. The van der Waals surface area contributed by atoms with E-state index in [9.17, 15) is 51.3 Å². The highest BCUT2D eigenvalue weighted by molar-refractivity contribution is 6.00. The van der Waals surface area contributed by atoms with Crippen molar-refractivity contribution >= 4 is 23.6 Å². The molecule has 43 heavy (non-hydrogen) atoms. The summed E-state index contributed by atoms with van der Waals surface area (Å²) < 4.78 is 70.8. The molecule has 3 rings (SSSR count). The first-order chi connectivity index (χ1) is 20.1. The molecular weight excluding hydrogens is 583 g/mol. The number of hydrogen-bond donors (Lipinski definition) is 6. The Hall–Kier alpha value is -4.27. The Balaban J connectivity index is 2.10. The molecule has 0 saturated carbocycles. The average molecular weight is 615 g/mol. The minimum atomic E-state index is -2.41. The van der Waals surface area contributed by atoms with Gasteiger partial charge in [-0.25, -0.2) is 22.0 Å². The molecule has 1 heterocycles. The van der Waals surface area contributed by atoms with E-state index >= 15 is 0 Å². The van der Waals surface area contributed by atoms with Crippen LogP contribution < -0.4 is 21.3 Å². The third kappa shape index (κ3) is 7.04. The number of phenolic OH excluding ortho intramolecular Hbond substituents is 1. The van der Waals surface area contributed by atoms with Gasteiger partial charge in [-0.15, -0.1) is 0 Å². The molecule has 2 aromatic carbocycles. The standard InChI is InChI=1S/C28H31F5N4O6/c1-10(2)22-27(42)34-12(4)23(37-26(41)13-7-5-6-8-16(13)38)28(43)35-15(24(39)11(3)25(40)36-22)9-14-17(29)19(31)21(33)20(32)18(14)30/h5-8,10-12,15,22-24,38-39H,9H2,1-4H3,(H,34,42)(H,35,43)(H,36,40)(H,37,41)/t11-,12-,15+,22?,23+,24+/m1/s1. The van der Waals surface area contributed by atoms with Crippen molar-refractivity contribution in [1.29, 1.82) is 0 Å². The van der Waals surface area contributed by atoms with Gasteiger partial charge in [-0.3, -0.25) is 19.2 Å². The molecular formula is C28H31F5N4O6. The average Bonchev–Trinajstić information content (AvgIpc) is 2.96. The molecule has 0 aliphatic carbocycles. The summed E-state index contributed by atoms with van der Waals surface area (Å²) >= 11 is 0. The van der Waals surface area contributed by atoms with Crippen LogP contribution in [0, 0.1) is 40.9 Å². The molecule has 1 saturated heterocycles. The van der Waals surface area contributed by atoms with Crippen LogP contribution >= 0.6 is 0 Å². The highest BCUT2D eigenvalue weighted by Crippen LogP contribution is 2.26. The summed E-state index contributed by atoms with van der Waals surface area (Å²) in [5.41, 5.74) is -1.62. The summed E-state index contributed by atoms with van der Waals surface area (Å²) in [4.78, 5) is 52.6. The Labute approximate surface area is 243 Å². The van der Waals surface area contributed by atoms with E-state index in [0.29, 0.717) is 0 Å². The van der Waals surface area contributed by atoms with Gasteiger partial charge in [0, 0.05) is 12.0 Å². The first kappa shape index (κ1) is 33.2. The molecule has 234 valence electrons. The fraction of sp³-hybridized carbons (Fsp3) is 0.429. The summed E-state index contributed by atoms with van der Waals surface area (Å²) in [6, 6.07) is -0.636. The highest BCUT2D eigenvalue weighted by atomic mass is 19.2. The van der Waals surface area contributed by atoms with Gasteiger partial charge in [-0.2, -0.15) is 0 Å². The maximum absolute atomic E-state index is 14.6. The summed E-state index contributed by atoms with van der Waals surface area (Å²) in [5, 5.41) is 30.7. The molecule has 0 radical (unpaired) electrons. The number of phenols is 1. The van der Waals surface area contributed by atoms with Crippen molar-refractivity contribution in [3.8, 4) is 5.75 Å². The molecule has 6 N–H and O–H groups in total. The number of rotatable bonds is 5. The van der Waals surface area contributed by atoms with Gasteiger partial charge in [-0.05, 0) is 25.0 Å². The molecule has 10 nitrogen and oxygen atoms in total. The summed E-state index contributed by atoms with van der Waals surface area (Å²) in [6.45, 7) is 5.67. The van der Waals surface area contributed by atoms with Gasteiger partial charge in [0.05, 0.1) is 29.7 Å². The number of carbonyl (C=O) groups is 4. The second kappa shape index (κ2) is 13.4. The minimum absolute atomic E-state index is 0.251. The van der Waals surface area contributed by atoms with E-state index in [1.807, 2.05) is 0 Å². The second-order valence-electron chi connectivity index (χ2n) is 10.6. The maximum Gasteiger partial charge on any atom is 0.255 e. The summed E-state index contributed by atoms with van der Waals surface area (Å²) in [7, 11) is 0. The van der Waals surface area contributed by atoms with Crippen molar-refractivity contribution in [2.75, 3.05) is 0 Å². The maximum atomic E-state index is 14.6. The lowest BCUT2D eigenvalue weighted by atomic mass is 9.90. The zero-order chi connectivity index (χ0) is 32.3. The van der Waals surface area contributed by atoms with E-state index in [-0.39, 0.29) is 5.56 Å². The third-order valence-electron chi connectivity index (χ3n) is 7.23. The Kier molecular flexibility index (Phi) is 10.3. The van der Waals surface area contributed by atoms with Crippen molar-refractivity contribution in [1.82, 2.24) is 21.3 Å². The van der Waals surface area contributed by atoms with E-state index < -0.39 is 113 Å². The number of benzene rings is 2. The van der Waals surface area contributed by atoms with E-state index in [4.69, 9.17) is 0 Å². The second-order valence-corrected chi connectivity index (χ2v) is 10.6. The Morgan fingerprint density at radius 2 is 1.42 bits per heavy atom. The van der Waals surface area contributed by atoms with Crippen LogP contribution in [0.4, 0.5) is 22.0 Å². The molecule has 4 amide bonds. The molecule has 2 aromatic rings. The van der Waals surface area contributed by atoms with Crippen LogP contribution in [-0.4, -0.2) is 64.1 Å². The van der Waals surface area contributed by atoms with E-state index in [0.717, 1.165) is 0 Å². The SMILES string of the molecule is CC(C)C1NC(=O)[C@H](C)[C@H](O)[C@H](Cc2c(F)c(F)c(F)c(F)c2F)NC(=O)[C@@H](NC(=O)c2ccccc2O)[C@@H](C)NC1=O. The molecule has 0 spiro atoms. The lowest BCUT2D eigenvalue weighted by Crippen LogP contribution is -2.64. The molecule has 1 aliphatic heterocycles. The number of amides is 4. The van der Waals surface area contributed by atoms with Crippen molar-refractivity contribution in [2.45, 2.75) is 64.4 Å². The number of hydrogen-bond acceptors (Lipinski definition) is 6. The molecule has 1 unspecified atom stereocenters. The normalized spacial score (nSPS) is 25.2. The fourth-order valence-corrected chi connectivity index (χ4v) is 4.60. The number of aliphatic hydroxyl groups is 1. The smallest absolute Gasteiger partial charge is 0.255 e. The fourth-order valence-electron chi connectivity index (χ4n) is 4.60. The van der Waals surface area contributed by atoms with Crippen LogP contribution in [0.3, 0.4) is 0 Å². The lowest BCUT2D eigenvalue weighted by molar-refractivity contribution is -0.136. The summed E-state index contributed by atoms with van der Waals surface area (Å²) in [6.07, 6.45) is -3.15.